The Kier molecular flexibility index (Phi) is 4.09. The first-order valence-corrected chi connectivity index (χ1v) is 6.94. The number of aryl methyl sites for hydroxylation is 3. The van der Waals surface area contributed by atoms with Crippen LogP contribution in [0.4, 0.5) is 0 Å². The summed E-state index contributed by atoms with van der Waals surface area (Å²) in [4.78, 5) is 10.1. The highest BCUT2D eigenvalue weighted by Crippen LogP contribution is 2.24. The maximum absolute atomic E-state index is 4.61. The van der Waals surface area contributed by atoms with Crippen LogP contribution in [0.25, 0.3) is 0 Å². The number of rotatable bonds is 4. The van der Waals surface area contributed by atoms with E-state index < -0.39 is 0 Å². The molecule has 1 N–H and O–H groups in total. The quantitative estimate of drug-likeness (QED) is 0.919. The summed E-state index contributed by atoms with van der Waals surface area (Å²) in [6, 6.07) is 2.33. The first-order valence-electron chi connectivity index (χ1n) is 6.12. The number of nitrogens with zero attached hydrogens (tertiary/aromatic N) is 2. The van der Waals surface area contributed by atoms with Crippen molar-refractivity contribution in [1.29, 1.82) is 0 Å². The van der Waals surface area contributed by atoms with Gasteiger partial charge in [0.25, 0.3) is 0 Å². The molecule has 0 aromatic carbocycles. The topological polar surface area (TPSA) is 37.8 Å². The van der Waals surface area contributed by atoms with Gasteiger partial charge in [0.15, 0.2) is 0 Å². The molecule has 0 fully saturated rings. The second-order valence-corrected chi connectivity index (χ2v) is 5.81. The molecule has 0 bridgehead atoms. The Morgan fingerprint density at radius 3 is 2.67 bits per heavy atom. The Balaban J connectivity index is 2.22. The van der Waals surface area contributed by atoms with Gasteiger partial charge in [-0.15, -0.1) is 11.3 Å². The van der Waals surface area contributed by atoms with Crippen molar-refractivity contribution in [1.82, 2.24) is 15.3 Å². The number of hydrogen-bond acceptors (Lipinski definition) is 4. The van der Waals surface area contributed by atoms with Crippen LogP contribution in [-0.4, -0.2) is 17.0 Å². The van der Waals surface area contributed by atoms with Crippen LogP contribution in [0.1, 0.15) is 32.7 Å². The summed E-state index contributed by atoms with van der Waals surface area (Å²) < 4.78 is 0. The minimum atomic E-state index is 0.281. The molecule has 0 spiro atoms. The maximum atomic E-state index is 4.61. The molecule has 96 valence electrons. The summed E-state index contributed by atoms with van der Waals surface area (Å²) >= 11 is 1.79. The Morgan fingerprint density at radius 2 is 2.11 bits per heavy atom. The SMILES string of the molecule is CNC(Cc1nc(C)c(C)s1)c1cnccc1C. The van der Waals surface area contributed by atoms with Gasteiger partial charge in [0.05, 0.1) is 10.7 Å². The lowest BCUT2D eigenvalue weighted by atomic mass is 10.0. The van der Waals surface area contributed by atoms with Gasteiger partial charge in [-0.3, -0.25) is 4.98 Å². The number of thiazole rings is 1. The van der Waals surface area contributed by atoms with E-state index in [2.05, 4.69) is 42.1 Å². The number of hydrogen-bond donors (Lipinski definition) is 1. The van der Waals surface area contributed by atoms with Gasteiger partial charge in [0.2, 0.25) is 0 Å². The first kappa shape index (κ1) is 13.2. The molecule has 2 rings (SSSR count). The standard InChI is InChI=1S/C14H19N3S/c1-9-5-6-16-8-12(9)13(15-4)7-14-17-10(2)11(3)18-14/h5-6,8,13,15H,7H2,1-4H3. The largest absolute Gasteiger partial charge is 0.313 e. The van der Waals surface area contributed by atoms with Crippen LogP contribution < -0.4 is 5.32 Å². The van der Waals surface area contributed by atoms with E-state index in [0.717, 1.165) is 12.1 Å². The number of likely N-dealkylation sites (N-methyl/N-ethyl adjacent to an activating group) is 1. The van der Waals surface area contributed by atoms with E-state index in [1.54, 1.807) is 11.3 Å². The molecule has 1 unspecified atom stereocenters. The monoisotopic (exact) mass is 261 g/mol. The Bertz CT molecular complexity index is 514. The molecule has 0 radical (unpaired) electrons. The highest BCUT2D eigenvalue weighted by atomic mass is 32.1. The van der Waals surface area contributed by atoms with Crippen LogP contribution in [0.5, 0.6) is 0 Å². The average Bonchev–Trinajstić information content (AvgIpc) is 2.66. The second kappa shape index (κ2) is 5.59. The van der Waals surface area contributed by atoms with E-state index in [0.29, 0.717) is 0 Å². The van der Waals surface area contributed by atoms with Gasteiger partial charge in [-0.25, -0.2) is 4.98 Å². The third-order valence-electron chi connectivity index (χ3n) is 3.26. The molecule has 3 nitrogen and oxygen atoms in total. The molecule has 0 saturated heterocycles. The van der Waals surface area contributed by atoms with Gasteiger partial charge in [-0.1, -0.05) is 0 Å². The van der Waals surface area contributed by atoms with Gasteiger partial charge < -0.3 is 5.32 Å². The number of nitrogens with one attached hydrogen (secondary N) is 1. The Labute approximate surface area is 112 Å². The van der Waals surface area contributed by atoms with E-state index in [-0.39, 0.29) is 6.04 Å². The molecular formula is C14H19N3S. The molecular weight excluding hydrogens is 242 g/mol. The van der Waals surface area contributed by atoms with Crippen molar-refractivity contribution in [2.75, 3.05) is 7.05 Å². The van der Waals surface area contributed by atoms with E-state index in [4.69, 9.17) is 0 Å². The molecule has 18 heavy (non-hydrogen) atoms. The lowest BCUT2D eigenvalue weighted by Gasteiger charge is -2.17. The van der Waals surface area contributed by atoms with Crippen LogP contribution in [-0.2, 0) is 6.42 Å². The molecule has 2 aromatic heterocycles. The second-order valence-electron chi connectivity index (χ2n) is 4.53. The predicted octanol–water partition coefficient (Wildman–Crippen LogP) is 2.97. The highest BCUT2D eigenvalue weighted by molar-refractivity contribution is 7.11. The summed E-state index contributed by atoms with van der Waals surface area (Å²) in [6.45, 7) is 6.32. The first-order chi connectivity index (χ1) is 8.61. The number of aromatic nitrogens is 2. The Morgan fingerprint density at radius 1 is 1.33 bits per heavy atom. The molecule has 2 aromatic rings. The number of pyridine rings is 1. The molecule has 0 aliphatic carbocycles. The van der Waals surface area contributed by atoms with Crippen molar-refractivity contribution in [3.8, 4) is 0 Å². The van der Waals surface area contributed by atoms with Crippen molar-refractivity contribution in [3.05, 3.63) is 45.2 Å². The van der Waals surface area contributed by atoms with E-state index in [9.17, 15) is 0 Å². The molecule has 0 saturated carbocycles. The fraction of sp³-hybridized carbons (Fsp3) is 0.429. The highest BCUT2D eigenvalue weighted by Gasteiger charge is 2.15. The molecule has 1 atom stereocenters. The third kappa shape index (κ3) is 2.76. The zero-order valence-corrected chi connectivity index (χ0v) is 12.1. The zero-order chi connectivity index (χ0) is 13.1. The maximum Gasteiger partial charge on any atom is 0.0949 e. The summed E-state index contributed by atoms with van der Waals surface area (Å²) in [5, 5.41) is 4.55. The van der Waals surface area contributed by atoms with Gasteiger partial charge in [-0.05, 0) is 45.0 Å². The minimum absolute atomic E-state index is 0.281. The lowest BCUT2D eigenvalue weighted by molar-refractivity contribution is 0.584. The van der Waals surface area contributed by atoms with Gasteiger partial charge in [-0.2, -0.15) is 0 Å². The molecule has 0 aliphatic heterocycles. The van der Waals surface area contributed by atoms with Gasteiger partial charge in [0.1, 0.15) is 0 Å². The van der Waals surface area contributed by atoms with Crippen molar-refractivity contribution in [2.45, 2.75) is 33.2 Å². The van der Waals surface area contributed by atoms with Crippen molar-refractivity contribution < 1.29 is 0 Å². The third-order valence-corrected chi connectivity index (χ3v) is 4.35. The van der Waals surface area contributed by atoms with Crippen LogP contribution in [0, 0.1) is 20.8 Å². The zero-order valence-electron chi connectivity index (χ0n) is 11.3. The summed E-state index contributed by atoms with van der Waals surface area (Å²) in [7, 11) is 1.99. The van der Waals surface area contributed by atoms with Crippen LogP contribution in [0.3, 0.4) is 0 Å². The average molecular weight is 261 g/mol. The van der Waals surface area contributed by atoms with Gasteiger partial charge in [0, 0.05) is 29.7 Å². The van der Waals surface area contributed by atoms with Crippen molar-refractivity contribution in [3.63, 3.8) is 0 Å². The molecule has 4 heteroatoms. The Hall–Kier alpha value is -1.26. The summed E-state index contributed by atoms with van der Waals surface area (Å²) in [6.07, 6.45) is 4.70. The van der Waals surface area contributed by atoms with E-state index in [1.807, 2.05) is 19.4 Å². The minimum Gasteiger partial charge on any atom is -0.313 e. The van der Waals surface area contributed by atoms with Crippen LogP contribution >= 0.6 is 11.3 Å². The predicted molar refractivity (Wildman–Crippen MR) is 76.1 cm³/mol. The fourth-order valence-electron chi connectivity index (χ4n) is 2.01. The van der Waals surface area contributed by atoms with Gasteiger partial charge >= 0.3 is 0 Å². The normalized spacial score (nSPS) is 12.7. The lowest BCUT2D eigenvalue weighted by Crippen LogP contribution is -2.20. The smallest absolute Gasteiger partial charge is 0.0949 e. The molecule has 2 heterocycles. The molecule has 0 aliphatic rings. The summed E-state index contributed by atoms with van der Waals surface area (Å²) in [5.41, 5.74) is 3.67. The van der Waals surface area contributed by atoms with E-state index in [1.165, 1.54) is 21.0 Å². The van der Waals surface area contributed by atoms with Crippen molar-refractivity contribution in [2.24, 2.45) is 0 Å². The fourth-order valence-corrected chi connectivity index (χ4v) is 2.99. The van der Waals surface area contributed by atoms with Crippen LogP contribution in [0.2, 0.25) is 0 Å². The molecule has 0 amide bonds. The van der Waals surface area contributed by atoms with Crippen molar-refractivity contribution >= 4 is 11.3 Å². The summed E-state index contributed by atoms with van der Waals surface area (Å²) in [5.74, 6) is 0. The van der Waals surface area contributed by atoms with E-state index >= 15 is 0 Å². The van der Waals surface area contributed by atoms with Crippen LogP contribution in [0.15, 0.2) is 18.5 Å².